The van der Waals surface area contributed by atoms with E-state index in [4.69, 9.17) is 5.14 Å². The molecule has 2 rings (SSSR count). The number of nitrogens with two attached hydrogens (primary N) is 1. The Balaban J connectivity index is 1.84. The maximum absolute atomic E-state index is 12.4. The molecule has 1 amide bonds. The minimum absolute atomic E-state index is 0.0339. The van der Waals surface area contributed by atoms with Gasteiger partial charge in [0.1, 0.15) is 0 Å². The number of benzene rings is 2. The van der Waals surface area contributed by atoms with Crippen molar-refractivity contribution in [1.29, 1.82) is 0 Å². The molecule has 0 heterocycles. The Labute approximate surface area is 167 Å². The van der Waals surface area contributed by atoms with Crippen molar-refractivity contribution in [1.82, 2.24) is 10.2 Å². The van der Waals surface area contributed by atoms with Crippen LogP contribution in [0.4, 0.5) is 0 Å². The summed E-state index contributed by atoms with van der Waals surface area (Å²) in [6, 6.07) is 12.5. The lowest BCUT2D eigenvalue weighted by atomic mass is 10.0. The fourth-order valence-corrected chi connectivity index (χ4v) is 3.47. The maximum Gasteiger partial charge on any atom is 0.238 e. The number of nitrogens with one attached hydrogen (secondary N) is 1. The minimum Gasteiger partial charge on any atom is -0.354 e. The number of carbonyl (C=O) groups excluding carboxylic acids is 1. The number of hydrogen-bond donors (Lipinski definition) is 2. The molecule has 0 fully saturated rings. The van der Waals surface area contributed by atoms with Gasteiger partial charge in [0.15, 0.2) is 0 Å². The minimum atomic E-state index is -3.68. The molecule has 0 aliphatic rings. The third-order valence-corrected chi connectivity index (χ3v) is 5.85. The molecule has 0 saturated heterocycles. The monoisotopic (exact) mass is 403 g/mol. The van der Waals surface area contributed by atoms with Crippen LogP contribution in [-0.4, -0.2) is 38.9 Å². The highest BCUT2D eigenvalue weighted by molar-refractivity contribution is 7.89. The van der Waals surface area contributed by atoms with Gasteiger partial charge in [0.25, 0.3) is 0 Å². The quantitative estimate of drug-likeness (QED) is 0.706. The van der Waals surface area contributed by atoms with Crippen LogP contribution < -0.4 is 10.5 Å². The lowest BCUT2D eigenvalue weighted by Crippen LogP contribution is -2.43. The first-order valence-corrected chi connectivity index (χ1v) is 10.8. The topological polar surface area (TPSA) is 92.5 Å². The van der Waals surface area contributed by atoms with Crippen LogP contribution in [0.2, 0.25) is 0 Å². The number of hydrogen-bond acceptors (Lipinski definition) is 4. The Morgan fingerprint density at radius 3 is 2.36 bits per heavy atom. The predicted molar refractivity (Wildman–Crippen MR) is 111 cm³/mol. The van der Waals surface area contributed by atoms with E-state index in [2.05, 4.69) is 37.4 Å². The molecule has 0 aromatic heterocycles. The molecule has 0 radical (unpaired) electrons. The van der Waals surface area contributed by atoms with Gasteiger partial charge in [-0.15, -0.1) is 0 Å². The fraction of sp³-hybridized carbons (Fsp3) is 0.381. The number of sulfonamides is 1. The summed E-state index contributed by atoms with van der Waals surface area (Å²) in [5, 5.41) is 8.03. The Bertz CT molecular complexity index is 924. The molecular weight excluding hydrogens is 374 g/mol. The molecule has 0 aliphatic carbocycles. The summed E-state index contributed by atoms with van der Waals surface area (Å²) in [4.78, 5) is 14.5. The normalized spacial score (nSPS) is 12.8. The van der Waals surface area contributed by atoms with Crippen molar-refractivity contribution >= 4 is 15.9 Å². The van der Waals surface area contributed by atoms with Gasteiger partial charge in [-0.3, -0.25) is 9.69 Å². The number of carbonyl (C=O) groups is 1. The van der Waals surface area contributed by atoms with Gasteiger partial charge in [-0.2, -0.15) is 0 Å². The molecule has 2 aromatic carbocycles. The molecule has 3 N–H and O–H groups in total. The second-order valence-electron chi connectivity index (χ2n) is 7.25. The number of primary sulfonamides is 1. The van der Waals surface area contributed by atoms with Crippen LogP contribution in [0.3, 0.4) is 0 Å². The first kappa shape index (κ1) is 22.1. The van der Waals surface area contributed by atoms with Crippen molar-refractivity contribution in [2.75, 3.05) is 13.6 Å². The average molecular weight is 404 g/mol. The Hall–Kier alpha value is -2.22. The van der Waals surface area contributed by atoms with E-state index in [9.17, 15) is 13.2 Å². The van der Waals surface area contributed by atoms with Crippen molar-refractivity contribution in [3.05, 3.63) is 64.7 Å². The summed E-state index contributed by atoms with van der Waals surface area (Å²) in [5.74, 6) is -0.0339. The molecule has 6 nitrogen and oxygen atoms in total. The van der Waals surface area contributed by atoms with Crippen LogP contribution in [0.1, 0.15) is 29.2 Å². The van der Waals surface area contributed by atoms with Crippen LogP contribution in [0.25, 0.3) is 0 Å². The van der Waals surface area contributed by atoms with Gasteiger partial charge in [-0.1, -0.05) is 35.9 Å². The Morgan fingerprint density at radius 2 is 1.79 bits per heavy atom. The second kappa shape index (κ2) is 9.32. The third kappa shape index (κ3) is 6.15. The zero-order valence-corrected chi connectivity index (χ0v) is 17.7. The standard InChI is InChI=1S/C21H29N3O3S/c1-15-5-8-19(16(2)13-15)14-24(4)17(3)21(25)23-12-11-18-6-9-20(10-7-18)28(22,26)27/h5-10,13,17H,11-12,14H2,1-4H3,(H,23,25)(H2,22,26,27)/t17-/m1/s1. The predicted octanol–water partition coefficient (Wildman–Crippen LogP) is 2.13. The highest BCUT2D eigenvalue weighted by atomic mass is 32.2. The number of amides is 1. The zero-order chi connectivity index (χ0) is 20.9. The summed E-state index contributed by atoms with van der Waals surface area (Å²) in [6.07, 6.45) is 0.615. The lowest BCUT2D eigenvalue weighted by molar-refractivity contribution is -0.125. The number of aryl methyl sites for hydroxylation is 2. The Morgan fingerprint density at radius 1 is 1.14 bits per heavy atom. The average Bonchev–Trinajstić information content (AvgIpc) is 2.63. The maximum atomic E-state index is 12.4. The van der Waals surface area contributed by atoms with Gasteiger partial charge < -0.3 is 5.32 Å². The molecule has 1 atom stereocenters. The smallest absolute Gasteiger partial charge is 0.238 e. The van der Waals surface area contributed by atoms with Crippen LogP contribution in [0.15, 0.2) is 47.4 Å². The van der Waals surface area contributed by atoms with Crippen LogP contribution in [0.5, 0.6) is 0 Å². The summed E-state index contributed by atoms with van der Waals surface area (Å²) in [5.41, 5.74) is 4.60. The fourth-order valence-electron chi connectivity index (χ4n) is 2.95. The van der Waals surface area contributed by atoms with Gasteiger partial charge in [0.05, 0.1) is 10.9 Å². The summed E-state index contributed by atoms with van der Waals surface area (Å²) in [7, 11) is -1.74. The van der Waals surface area contributed by atoms with E-state index >= 15 is 0 Å². The molecule has 7 heteroatoms. The number of nitrogens with zero attached hydrogens (tertiary/aromatic N) is 1. The highest BCUT2D eigenvalue weighted by Crippen LogP contribution is 2.14. The van der Waals surface area contributed by atoms with Gasteiger partial charge in [0.2, 0.25) is 15.9 Å². The second-order valence-corrected chi connectivity index (χ2v) is 8.81. The summed E-state index contributed by atoms with van der Waals surface area (Å²) < 4.78 is 22.5. The highest BCUT2D eigenvalue weighted by Gasteiger charge is 2.18. The molecule has 0 aliphatic heterocycles. The first-order valence-electron chi connectivity index (χ1n) is 9.24. The van der Waals surface area contributed by atoms with Crippen LogP contribution >= 0.6 is 0 Å². The molecule has 0 saturated carbocycles. The van der Waals surface area contributed by atoms with Crippen molar-refractivity contribution in [2.24, 2.45) is 5.14 Å². The van der Waals surface area contributed by atoms with Crippen molar-refractivity contribution < 1.29 is 13.2 Å². The molecule has 0 bridgehead atoms. The first-order chi connectivity index (χ1) is 13.1. The van der Waals surface area contributed by atoms with E-state index in [1.807, 2.05) is 18.9 Å². The number of likely N-dealkylation sites (N-methyl/N-ethyl adjacent to an activating group) is 1. The summed E-state index contributed by atoms with van der Waals surface area (Å²) >= 11 is 0. The SMILES string of the molecule is Cc1ccc(CN(C)[C@H](C)C(=O)NCCc2ccc(S(N)(=O)=O)cc2)c(C)c1. The lowest BCUT2D eigenvalue weighted by Gasteiger charge is -2.24. The van der Waals surface area contributed by atoms with E-state index in [1.165, 1.54) is 28.8 Å². The van der Waals surface area contributed by atoms with E-state index in [0.29, 0.717) is 19.5 Å². The Kier molecular flexibility index (Phi) is 7.35. The van der Waals surface area contributed by atoms with Crippen molar-refractivity contribution in [2.45, 2.75) is 44.7 Å². The van der Waals surface area contributed by atoms with Gasteiger partial charge >= 0.3 is 0 Å². The van der Waals surface area contributed by atoms with E-state index in [1.54, 1.807) is 12.1 Å². The largest absolute Gasteiger partial charge is 0.354 e. The molecular formula is C21H29N3O3S. The molecule has 28 heavy (non-hydrogen) atoms. The van der Waals surface area contributed by atoms with Gasteiger partial charge in [0, 0.05) is 13.1 Å². The molecule has 152 valence electrons. The van der Waals surface area contributed by atoms with E-state index in [0.717, 1.165) is 5.56 Å². The molecule has 2 aromatic rings. The van der Waals surface area contributed by atoms with Crippen LogP contribution in [-0.2, 0) is 27.8 Å². The summed E-state index contributed by atoms with van der Waals surface area (Å²) in [6.45, 7) is 7.23. The zero-order valence-electron chi connectivity index (χ0n) is 16.9. The van der Waals surface area contributed by atoms with Gasteiger partial charge in [-0.05, 0) is 63.1 Å². The molecule has 0 unspecified atom stereocenters. The third-order valence-electron chi connectivity index (χ3n) is 4.92. The van der Waals surface area contributed by atoms with Crippen molar-refractivity contribution in [3.63, 3.8) is 0 Å². The van der Waals surface area contributed by atoms with Crippen LogP contribution in [0, 0.1) is 13.8 Å². The number of rotatable bonds is 8. The van der Waals surface area contributed by atoms with E-state index < -0.39 is 10.0 Å². The van der Waals surface area contributed by atoms with Crippen molar-refractivity contribution in [3.8, 4) is 0 Å². The van der Waals surface area contributed by atoms with Gasteiger partial charge in [-0.25, -0.2) is 13.6 Å². The molecule has 0 spiro atoms. The van der Waals surface area contributed by atoms with E-state index in [-0.39, 0.29) is 16.8 Å².